The average molecular weight is 317 g/mol. The zero-order valence-corrected chi connectivity index (χ0v) is 13.7. The summed E-state index contributed by atoms with van der Waals surface area (Å²) in [5.41, 5.74) is 7.91. The van der Waals surface area contributed by atoms with Gasteiger partial charge >= 0.3 is 0 Å². The van der Waals surface area contributed by atoms with E-state index in [0.29, 0.717) is 11.6 Å². The minimum atomic E-state index is -0.592. The second kappa shape index (κ2) is 6.84. The molecule has 0 atom stereocenters. The molecule has 0 saturated carbocycles. The SMILES string of the molecule is CC(C)(C(=O)NCCc1ccc(N)cc1)c1ccc(Cl)cc1. The van der Waals surface area contributed by atoms with Crippen LogP contribution in [0.1, 0.15) is 25.0 Å². The van der Waals surface area contributed by atoms with Crippen LogP contribution in [-0.4, -0.2) is 12.5 Å². The molecule has 22 heavy (non-hydrogen) atoms. The summed E-state index contributed by atoms with van der Waals surface area (Å²) in [6.45, 7) is 4.42. The maximum Gasteiger partial charge on any atom is 0.230 e. The smallest absolute Gasteiger partial charge is 0.230 e. The molecule has 0 radical (unpaired) electrons. The molecule has 116 valence electrons. The number of halogens is 1. The third-order valence-electron chi connectivity index (χ3n) is 3.81. The first-order chi connectivity index (χ1) is 10.4. The highest BCUT2D eigenvalue weighted by Gasteiger charge is 2.29. The third kappa shape index (κ3) is 4.01. The zero-order valence-electron chi connectivity index (χ0n) is 12.9. The standard InChI is InChI=1S/C18H21ClN2O/c1-18(2,14-5-7-15(19)8-6-14)17(22)21-12-11-13-3-9-16(20)10-4-13/h3-10H,11-12,20H2,1-2H3,(H,21,22). The first-order valence-corrected chi connectivity index (χ1v) is 7.66. The number of carbonyl (C=O) groups is 1. The van der Waals surface area contributed by atoms with E-state index in [9.17, 15) is 4.79 Å². The van der Waals surface area contributed by atoms with Crippen LogP contribution in [0.3, 0.4) is 0 Å². The van der Waals surface area contributed by atoms with E-state index >= 15 is 0 Å². The highest BCUT2D eigenvalue weighted by molar-refractivity contribution is 6.30. The van der Waals surface area contributed by atoms with E-state index in [1.54, 1.807) is 12.1 Å². The van der Waals surface area contributed by atoms with E-state index in [0.717, 1.165) is 23.2 Å². The predicted octanol–water partition coefficient (Wildman–Crippen LogP) is 3.56. The Kier molecular flexibility index (Phi) is 5.09. The molecule has 0 spiro atoms. The van der Waals surface area contributed by atoms with Crippen LogP contribution < -0.4 is 11.1 Å². The number of amides is 1. The Labute approximate surface area is 136 Å². The third-order valence-corrected chi connectivity index (χ3v) is 4.06. The van der Waals surface area contributed by atoms with Crippen molar-refractivity contribution in [1.82, 2.24) is 5.32 Å². The highest BCUT2D eigenvalue weighted by Crippen LogP contribution is 2.24. The lowest BCUT2D eigenvalue weighted by atomic mass is 9.83. The molecule has 0 bridgehead atoms. The molecule has 0 heterocycles. The molecular formula is C18H21ClN2O. The molecule has 2 aromatic rings. The van der Waals surface area contributed by atoms with Crippen molar-refractivity contribution >= 4 is 23.2 Å². The first-order valence-electron chi connectivity index (χ1n) is 7.28. The zero-order chi connectivity index (χ0) is 16.2. The Morgan fingerprint density at radius 3 is 2.27 bits per heavy atom. The topological polar surface area (TPSA) is 55.1 Å². The van der Waals surface area contributed by atoms with Crippen molar-refractivity contribution in [2.75, 3.05) is 12.3 Å². The van der Waals surface area contributed by atoms with Crippen LogP contribution in [0.4, 0.5) is 5.69 Å². The van der Waals surface area contributed by atoms with Crippen molar-refractivity contribution in [3.8, 4) is 0 Å². The fourth-order valence-corrected chi connectivity index (χ4v) is 2.35. The average Bonchev–Trinajstić information content (AvgIpc) is 2.49. The van der Waals surface area contributed by atoms with E-state index in [1.807, 2.05) is 50.2 Å². The van der Waals surface area contributed by atoms with Crippen molar-refractivity contribution in [3.05, 3.63) is 64.7 Å². The van der Waals surface area contributed by atoms with Crippen LogP contribution >= 0.6 is 11.6 Å². The van der Waals surface area contributed by atoms with Gasteiger partial charge in [0.1, 0.15) is 0 Å². The van der Waals surface area contributed by atoms with Crippen molar-refractivity contribution in [2.45, 2.75) is 25.7 Å². The molecule has 0 fully saturated rings. The van der Waals surface area contributed by atoms with Crippen molar-refractivity contribution < 1.29 is 4.79 Å². The maximum atomic E-state index is 12.4. The van der Waals surface area contributed by atoms with Crippen molar-refractivity contribution in [2.24, 2.45) is 0 Å². The van der Waals surface area contributed by atoms with Crippen LogP contribution in [0.25, 0.3) is 0 Å². The number of carbonyl (C=O) groups excluding carboxylic acids is 1. The molecule has 2 aromatic carbocycles. The minimum absolute atomic E-state index is 0.00488. The van der Waals surface area contributed by atoms with Crippen LogP contribution in [0.15, 0.2) is 48.5 Å². The molecule has 1 amide bonds. The van der Waals surface area contributed by atoms with Gasteiger partial charge in [0.25, 0.3) is 0 Å². The number of hydrogen-bond donors (Lipinski definition) is 2. The Bertz CT molecular complexity index is 633. The van der Waals surface area contributed by atoms with Crippen LogP contribution in [0.2, 0.25) is 5.02 Å². The predicted molar refractivity (Wildman–Crippen MR) is 92.0 cm³/mol. The lowest BCUT2D eigenvalue weighted by Crippen LogP contribution is -2.40. The largest absolute Gasteiger partial charge is 0.399 e. The number of nitrogen functional groups attached to an aromatic ring is 1. The molecule has 4 heteroatoms. The lowest BCUT2D eigenvalue weighted by molar-refractivity contribution is -0.125. The molecule has 0 saturated heterocycles. The molecule has 3 nitrogen and oxygen atoms in total. The van der Waals surface area contributed by atoms with Gasteiger partial charge in [0, 0.05) is 17.3 Å². The van der Waals surface area contributed by atoms with Gasteiger partial charge in [-0.25, -0.2) is 0 Å². The van der Waals surface area contributed by atoms with Gasteiger partial charge in [-0.1, -0.05) is 35.9 Å². The Morgan fingerprint density at radius 2 is 1.68 bits per heavy atom. The van der Waals surface area contributed by atoms with E-state index in [-0.39, 0.29) is 5.91 Å². The molecule has 0 aromatic heterocycles. The van der Waals surface area contributed by atoms with Gasteiger partial charge in [-0.15, -0.1) is 0 Å². The summed E-state index contributed by atoms with van der Waals surface area (Å²) in [6.07, 6.45) is 0.780. The monoisotopic (exact) mass is 316 g/mol. The Morgan fingerprint density at radius 1 is 1.09 bits per heavy atom. The number of anilines is 1. The number of nitrogens with one attached hydrogen (secondary N) is 1. The van der Waals surface area contributed by atoms with Crippen LogP contribution in [0.5, 0.6) is 0 Å². The Hall–Kier alpha value is -2.00. The van der Waals surface area contributed by atoms with Gasteiger partial charge in [0.2, 0.25) is 5.91 Å². The summed E-state index contributed by atoms with van der Waals surface area (Å²) in [4.78, 5) is 12.4. The summed E-state index contributed by atoms with van der Waals surface area (Å²) in [7, 11) is 0. The van der Waals surface area contributed by atoms with Gasteiger partial charge in [-0.05, 0) is 55.7 Å². The van der Waals surface area contributed by atoms with Crippen molar-refractivity contribution in [1.29, 1.82) is 0 Å². The van der Waals surface area contributed by atoms with Crippen molar-refractivity contribution in [3.63, 3.8) is 0 Å². The minimum Gasteiger partial charge on any atom is -0.399 e. The van der Waals surface area contributed by atoms with Crippen LogP contribution in [-0.2, 0) is 16.6 Å². The first kappa shape index (κ1) is 16.4. The fourth-order valence-electron chi connectivity index (χ4n) is 2.22. The maximum absolute atomic E-state index is 12.4. The van der Waals surface area contributed by atoms with Gasteiger partial charge in [-0.3, -0.25) is 4.79 Å². The number of nitrogens with two attached hydrogens (primary N) is 1. The van der Waals surface area contributed by atoms with E-state index in [2.05, 4.69) is 5.32 Å². The van der Waals surface area contributed by atoms with Gasteiger partial charge in [-0.2, -0.15) is 0 Å². The summed E-state index contributed by atoms with van der Waals surface area (Å²) < 4.78 is 0. The van der Waals surface area contributed by atoms with Crippen LogP contribution in [0, 0.1) is 0 Å². The van der Waals surface area contributed by atoms with Gasteiger partial charge < -0.3 is 11.1 Å². The summed E-state index contributed by atoms with van der Waals surface area (Å²) in [5, 5.41) is 3.67. The van der Waals surface area contributed by atoms with Gasteiger partial charge in [0.05, 0.1) is 5.41 Å². The Balaban J connectivity index is 1.93. The van der Waals surface area contributed by atoms with E-state index < -0.39 is 5.41 Å². The molecule has 0 aliphatic carbocycles. The summed E-state index contributed by atoms with van der Waals surface area (Å²) in [5.74, 6) is 0.00488. The summed E-state index contributed by atoms with van der Waals surface area (Å²) in [6, 6.07) is 15.1. The second-order valence-corrected chi connectivity index (χ2v) is 6.32. The van der Waals surface area contributed by atoms with E-state index in [1.165, 1.54) is 0 Å². The molecule has 3 N–H and O–H groups in total. The number of rotatable bonds is 5. The van der Waals surface area contributed by atoms with E-state index in [4.69, 9.17) is 17.3 Å². The second-order valence-electron chi connectivity index (χ2n) is 5.88. The number of benzene rings is 2. The number of hydrogen-bond acceptors (Lipinski definition) is 2. The normalized spacial score (nSPS) is 11.2. The molecule has 0 aliphatic rings. The lowest BCUT2D eigenvalue weighted by Gasteiger charge is -2.24. The fraction of sp³-hybridized carbons (Fsp3) is 0.278. The summed E-state index contributed by atoms with van der Waals surface area (Å²) >= 11 is 5.89. The molecule has 0 unspecified atom stereocenters. The van der Waals surface area contributed by atoms with Gasteiger partial charge in [0.15, 0.2) is 0 Å². The molecule has 0 aliphatic heterocycles. The quantitative estimate of drug-likeness (QED) is 0.829. The molecule has 2 rings (SSSR count). The highest BCUT2D eigenvalue weighted by atomic mass is 35.5. The molecular weight excluding hydrogens is 296 g/mol.